The van der Waals surface area contributed by atoms with Crippen molar-refractivity contribution in [1.29, 1.82) is 0 Å². The summed E-state index contributed by atoms with van der Waals surface area (Å²) in [7, 11) is -1.26. The predicted octanol–water partition coefficient (Wildman–Crippen LogP) is -0.535. The Morgan fingerprint density at radius 1 is 1.69 bits per heavy atom. The van der Waals surface area contributed by atoms with Crippen molar-refractivity contribution in [2.24, 2.45) is 12.8 Å². The number of aromatic nitrogens is 2. The number of sulfone groups is 1. The van der Waals surface area contributed by atoms with Crippen molar-refractivity contribution in [3.8, 4) is 0 Å². The van der Waals surface area contributed by atoms with Gasteiger partial charge in [-0.15, -0.1) is 0 Å². The van der Waals surface area contributed by atoms with Gasteiger partial charge in [-0.25, -0.2) is 8.42 Å². The highest BCUT2D eigenvalue weighted by Gasteiger charge is 2.13. The molecule has 1 rings (SSSR count). The highest BCUT2D eigenvalue weighted by molar-refractivity contribution is 7.90. The second-order valence-electron chi connectivity index (χ2n) is 3.15. The van der Waals surface area contributed by atoms with Crippen LogP contribution >= 0.6 is 0 Å². The first-order valence-corrected chi connectivity index (χ1v) is 5.86. The lowest BCUT2D eigenvalue weighted by molar-refractivity contribution is 0.594. The maximum absolute atomic E-state index is 10.9. The average molecular weight is 203 g/mol. The Morgan fingerprint density at radius 2 is 2.31 bits per heavy atom. The molecule has 0 aliphatic rings. The second kappa shape index (κ2) is 3.47. The van der Waals surface area contributed by atoms with Gasteiger partial charge in [0.2, 0.25) is 0 Å². The van der Waals surface area contributed by atoms with Gasteiger partial charge in [0, 0.05) is 31.1 Å². The molecule has 0 radical (unpaired) electrons. The van der Waals surface area contributed by atoms with E-state index >= 15 is 0 Å². The Hall–Kier alpha value is -0.880. The van der Waals surface area contributed by atoms with E-state index in [4.69, 9.17) is 5.73 Å². The number of hydrogen-bond donors (Lipinski definition) is 1. The zero-order valence-electron chi connectivity index (χ0n) is 7.64. The van der Waals surface area contributed by atoms with Gasteiger partial charge in [-0.2, -0.15) is 5.10 Å². The standard InChI is InChI=1S/C7H13N3O2S/c1-10-4-6(3-9-10)7(8)5-13(2,11)12/h3-4,7H,5,8H2,1-2H3. The summed E-state index contributed by atoms with van der Waals surface area (Å²) < 4.78 is 23.4. The average Bonchev–Trinajstić information content (AvgIpc) is 2.31. The summed E-state index contributed by atoms with van der Waals surface area (Å²) in [4.78, 5) is 0. The summed E-state index contributed by atoms with van der Waals surface area (Å²) in [5.74, 6) is -0.0430. The van der Waals surface area contributed by atoms with E-state index in [0.29, 0.717) is 0 Å². The van der Waals surface area contributed by atoms with Crippen molar-refractivity contribution < 1.29 is 8.42 Å². The SMILES string of the molecule is Cn1cc(C(N)CS(C)(=O)=O)cn1. The molecule has 1 heterocycles. The van der Waals surface area contributed by atoms with Crippen LogP contribution < -0.4 is 5.73 Å². The molecular formula is C7H13N3O2S. The molecule has 2 N–H and O–H groups in total. The van der Waals surface area contributed by atoms with E-state index in [9.17, 15) is 8.42 Å². The first-order chi connectivity index (χ1) is 5.88. The van der Waals surface area contributed by atoms with Crippen LogP contribution in [0.15, 0.2) is 12.4 Å². The van der Waals surface area contributed by atoms with Crippen molar-refractivity contribution in [3.63, 3.8) is 0 Å². The lowest BCUT2D eigenvalue weighted by atomic mass is 10.2. The summed E-state index contributed by atoms with van der Waals surface area (Å²) in [5.41, 5.74) is 6.41. The van der Waals surface area contributed by atoms with E-state index in [0.717, 1.165) is 5.56 Å². The zero-order chi connectivity index (χ0) is 10.1. The Morgan fingerprint density at radius 3 is 2.69 bits per heavy atom. The minimum Gasteiger partial charge on any atom is -0.323 e. The maximum atomic E-state index is 10.9. The smallest absolute Gasteiger partial charge is 0.149 e. The van der Waals surface area contributed by atoms with Gasteiger partial charge in [0.1, 0.15) is 9.84 Å². The summed E-state index contributed by atoms with van der Waals surface area (Å²) >= 11 is 0. The predicted molar refractivity (Wildman–Crippen MR) is 49.8 cm³/mol. The number of rotatable bonds is 3. The number of aryl methyl sites for hydroxylation is 1. The third-order valence-corrected chi connectivity index (χ3v) is 2.60. The molecule has 1 aromatic rings. The Labute approximate surface area is 77.5 Å². The fourth-order valence-corrected chi connectivity index (χ4v) is 1.90. The van der Waals surface area contributed by atoms with Crippen LogP contribution in [0, 0.1) is 0 Å². The molecule has 0 aliphatic carbocycles. The fraction of sp³-hybridized carbons (Fsp3) is 0.571. The van der Waals surface area contributed by atoms with Crippen molar-refractivity contribution in [3.05, 3.63) is 18.0 Å². The normalized spacial score (nSPS) is 14.4. The van der Waals surface area contributed by atoms with Gasteiger partial charge in [-0.1, -0.05) is 0 Å². The van der Waals surface area contributed by atoms with Crippen molar-refractivity contribution in [2.75, 3.05) is 12.0 Å². The van der Waals surface area contributed by atoms with Crippen molar-refractivity contribution >= 4 is 9.84 Å². The van der Waals surface area contributed by atoms with E-state index in [-0.39, 0.29) is 5.75 Å². The van der Waals surface area contributed by atoms with Crippen LogP contribution in [0.4, 0.5) is 0 Å². The molecule has 0 spiro atoms. The molecule has 0 saturated carbocycles. The Kier molecular flexibility index (Phi) is 2.72. The largest absolute Gasteiger partial charge is 0.323 e. The Balaban J connectivity index is 2.75. The van der Waals surface area contributed by atoms with Gasteiger partial charge >= 0.3 is 0 Å². The van der Waals surface area contributed by atoms with Gasteiger partial charge in [-0.05, 0) is 0 Å². The van der Waals surface area contributed by atoms with Crippen LogP contribution in [-0.2, 0) is 16.9 Å². The monoisotopic (exact) mass is 203 g/mol. The first-order valence-electron chi connectivity index (χ1n) is 3.80. The number of hydrogen-bond acceptors (Lipinski definition) is 4. The van der Waals surface area contributed by atoms with Gasteiger partial charge in [-0.3, -0.25) is 4.68 Å². The van der Waals surface area contributed by atoms with E-state index in [1.807, 2.05) is 0 Å². The lowest BCUT2D eigenvalue weighted by Gasteiger charge is -2.06. The zero-order valence-corrected chi connectivity index (χ0v) is 8.45. The minimum atomic E-state index is -3.02. The van der Waals surface area contributed by atoms with E-state index in [2.05, 4.69) is 5.10 Å². The van der Waals surface area contributed by atoms with Crippen LogP contribution in [0.5, 0.6) is 0 Å². The lowest BCUT2D eigenvalue weighted by Crippen LogP contribution is -2.20. The molecule has 0 aromatic carbocycles. The minimum absolute atomic E-state index is 0.0430. The van der Waals surface area contributed by atoms with Crippen LogP contribution in [0.3, 0.4) is 0 Å². The molecule has 74 valence electrons. The maximum Gasteiger partial charge on any atom is 0.149 e. The first kappa shape index (κ1) is 10.2. The summed E-state index contributed by atoms with van der Waals surface area (Å²) in [6, 6.07) is -0.483. The molecule has 0 aliphatic heterocycles. The molecule has 1 atom stereocenters. The fourth-order valence-electron chi connectivity index (χ4n) is 1.05. The highest BCUT2D eigenvalue weighted by atomic mass is 32.2. The van der Waals surface area contributed by atoms with Crippen LogP contribution in [-0.4, -0.2) is 30.2 Å². The molecule has 0 fully saturated rings. The third-order valence-electron chi connectivity index (χ3n) is 1.64. The summed E-state index contributed by atoms with van der Waals surface area (Å²) in [5, 5.41) is 3.91. The number of nitrogens with two attached hydrogens (primary N) is 1. The molecule has 1 unspecified atom stereocenters. The second-order valence-corrected chi connectivity index (χ2v) is 5.33. The summed E-state index contributed by atoms with van der Waals surface area (Å²) in [6.45, 7) is 0. The molecule has 5 nitrogen and oxygen atoms in total. The molecule has 0 saturated heterocycles. The van der Waals surface area contributed by atoms with Crippen molar-refractivity contribution in [2.45, 2.75) is 6.04 Å². The molecule has 0 bridgehead atoms. The highest BCUT2D eigenvalue weighted by Crippen LogP contribution is 2.10. The third kappa shape index (κ3) is 3.16. The quantitative estimate of drug-likeness (QED) is 0.716. The van der Waals surface area contributed by atoms with E-state index in [1.165, 1.54) is 6.26 Å². The van der Waals surface area contributed by atoms with E-state index in [1.54, 1.807) is 24.1 Å². The molecular weight excluding hydrogens is 190 g/mol. The van der Waals surface area contributed by atoms with Gasteiger partial charge in [0.15, 0.2) is 0 Å². The van der Waals surface area contributed by atoms with Crippen LogP contribution in [0.2, 0.25) is 0 Å². The van der Waals surface area contributed by atoms with Crippen LogP contribution in [0.1, 0.15) is 11.6 Å². The molecule has 6 heteroatoms. The number of nitrogens with zero attached hydrogens (tertiary/aromatic N) is 2. The van der Waals surface area contributed by atoms with Crippen molar-refractivity contribution in [1.82, 2.24) is 9.78 Å². The molecule has 1 aromatic heterocycles. The Bertz CT molecular complexity index is 382. The van der Waals surface area contributed by atoms with Gasteiger partial charge < -0.3 is 5.73 Å². The van der Waals surface area contributed by atoms with E-state index < -0.39 is 15.9 Å². The van der Waals surface area contributed by atoms with Gasteiger partial charge in [0.05, 0.1) is 11.9 Å². The van der Waals surface area contributed by atoms with Crippen LogP contribution in [0.25, 0.3) is 0 Å². The van der Waals surface area contributed by atoms with Gasteiger partial charge in [0.25, 0.3) is 0 Å². The molecule has 13 heavy (non-hydrogen) atoms. The topological polar surface area (TPSA) is 78.0 Å². The molecule has 0 amide bonds. The summed E-state index contributed by atoms with van der Waals surface area (Å²) in [6.07, 6.45) is 4.47.